The summed E-state index contributed by atoms with van der Waals surface area (Å²) in [6.45, 7) is 6.88. The van der Waals surface area contributed by atoms with Crippen molar-refractivity contribution in [1.82, 2.24) is 5.32 Å². The molecule has 1 aliphatic heterocycles. The van der Waals surface area contributed by atoms with Gasteiger partial charge in [0.2, 0.25) is 0 Å². The van der Waals surface area contributed by atoms with E-state index < -0.39 is 0 Å². The maximum atomic E-state index is 3.68. The van der Waals surface area contributed by atoms with Gasteiger partial charge in [0, 0.05) is 21.1 Å². The lowest BCUT2D eigenvalue weighted by molar-refractivity contribution is 0.516. The molecule has 0 bridgehead atoms. The largest absolute Gasteiger partial charge is 0.370 e. The highest BCUT2D eigenvalue weighted by molar-refractivity contribution is 14.1. The van der Waals surface area contributed by atoms with Crippen molar-refractivity contribution in [2.45, 2.75) is 19.8 Å². The van der Waals surface area contributed by atoms with Crippen molar-refractivity contribution in [3.8, 4) is 0 Å². The molecule has 0 amide bonds. The molecule has 1 fully saturated rings. The molecule has 18 heavy (non-hydrogen) atoms. The Bertz CT molecular complexity index is 397. The summed E-state index contributed by atoms with van der Waals surface area (Å²) in [4.78, 5) is 2.50. The lowest BCUT2D eigenvalue weighted by Gasteiger charge is -2.20. The second kappa shape index (κ2) is 7.10. The Morgan fingerprint density at radius 2 is 2.33 bits per heavy atom. The molecule has 0 radical (unpaired) electrons. The third kappa shape index (κ3) is 3.84. The lowest BCUT2D eigenvalue weighted by Crippen LogP contribution is -2.27. The van der Waals surface area contributed by atoms with Crippen LogP contribution in [0, 0.1) is 9.49 Å². The first-order valence-electron chi connectivity index (χ1n) is 6.61. The number of nitrogens with one attached hydrogen (secondary N) is 1. The SMILES string of the molecule is CCCNCC1CCN(c2ccc(I)cc2Br)C1. The van der Waals surface area contributed by atoms with Crippen molar-refractivity contribution < 1.29 is 0 Å². The van der Waals surface area contributed by atoms with Crippen LogP contribution in [0.1, 0.15) is 19.8 Å². The molecule has 2 rings (SSSR count). The second-order valence-corrected chi connectivity index (χ2v) is 7.00. The van der Waals surface area contributed by atoms with Gasteiger partial charge in [-0.1, -0.05) is 6.92 Å². The Hall–Kier alpha value is 0.190. The van der Waals surface area contributed by atoms with Gasteiger partial charge >= 0.3 is 0 Å². The molecule has 0 spiro atoms. The minimum atomic E-state index is 0.794. The minimum Gasteiger partial charge on any atom is -0.370 e. The van der Waals surface area contributed by atoms with Crippen LogP contribution in [0.4, 0.5) is 5.69 Å². The normalized spacial score (nSPS) is 19.5. The Kier molecular flexibility index (Phi) is 5.76. The highest BCUT2D eigenvalue weighted by Gasteiger charge is 2.23. The van der Waals surface area contributed by atoms with E-state index in [9.17, 15) is 0 Å². The average Bonchev–Trinajstić information content (AvgIpc) is 2.78. The van der Waals surface area contributed by atoms with Crippen molar-refractivity contribution in [3.63, 3.8) is 0 Å². The van der Waals surface area contributed by atoms with Gasteiger partial charge in [0.05, 0.1) is 5.69 Å². The number of rotatable bonds is 5. The molecular formula is C14H20BrIN2. The summed E-state index contributed by atoms with van der Waals surface area (Å²) in [5.41, 5.74) is 1.34. The number of halogens is 2. The summed E-state index contributed by atoms with van der Waals surface area (Å²) in [5.74, 6) is 0.794. The fourth-order valence-corrected chi connectivity index (χ4v) is 3.99. The molecule has 100 valence electrons. The summed E-state index contributed by atoms with van der Waals surface area (Å²) in [6.07, 6.45) is 2.52. The standard InChI is InChI=1S/C14H20BrIN2/c1-2-6-17-9-11-5-7-18(10-11)14-4-3-12(16)8-13(14)15/h3-4,8,11,17H,2,5-7,9-10H2,1H3. The van der Waals surface area contributed by atoms with Crippen LogP contribution in [0.2, 0.25) is 0 Å². The predicted molar refractivity (Wildman–Crippen MR) is 90.3 cm³/mol. The molecule has 1 unspecified atom stereocenters. The van der Waals surface area contributed by atoms with Crippen molar-refractivity contribution in [3.05, 3.63) is 26.2 Å². The molecule has 1 aromatic carbocycles. The summed E-state index contributed by atoms with van der Waals surface area (Å²) < 4.78 is 2.50. The van der Waals surface area contributed by atoms with Gasteiger partial charge in [-0.15, -0.1) is 0 Å². The molecule has 2 nitrogen and oxygen atoms in total. The van der Waals surface area contributed by atoms with E-state index in [1.807, 2.05) is 0 Å². The average molecular weight is 423 g/mol. The van der Waals surface area contributed by atoms with Crippen LogP contribution in [-0.2, 0) is 0 Å². The first-order valence-corrected chi connectivity index (χ1v) is 8.48. The van der Waals surface area contributed by atoms with Crippen LogP contribution in [-0.4, -0.2) is 26.2 Å². The lowest BCUT2D eigenvalue weighted by atomic mass is 10.1. The van der Waals surface area contributed by atoms with Gasteiger partial charge < -0.3 is 10.2 Å². The molecule has 1 atom stereocenters. The van der Waals surface area contributed by atoms with E-state index in [-0.39, 0.29) is 0 Å². The Morgan fingerprint density at radius 3 is 3.06 bits per heavy atom. The molecular weight excluding hydrogens is 403 g/mol. The molecule has 0 saturated carbocycles. The fourth-order valence-electron chi connectivity index (χ4n) is 2.44. The maximum Gasteiger partial charge on any atom is 0.0511 e. The van der Waals surface area contributed by atoms with Gasteiger partial charge in [-0.05, 0) is 88.6 Å². The Balaban J connectivity index is 1.91. The zero-order valence-corrected chi connectivity index (χ0v) is 14.5. The molecule has 0 aliphatic carbocycles. The first-order chi connectivity index (χ1) is 8.70. The molecule has 1 saturated heterocycles. The van der Waals surface area contributed by atoms with Gasteiger partial charge in [0.1, 0.15) is 0 Å². The van der Waals surface area contributed by atoms with E-state index in [2.05, 4.69) is 73.9 Å². The third-order valence-electron chi connectivity index (χ3n) is 3.40. The predicted octanol–water partition coefficient (Wildman–Crippen LogP) is 3.88. The minimum absolute atomic E-state index is 0.794. The van der Waals surface area contributed by atoms with Crippen molar-refractivity contribution in [2.75, 3.05) is 31.1 Å². The summed E-state index contributed by atoms with van der Waals surface area (Å²) in [6, 6.07) is 6.61. The summed E-state index contributed by atoms with van der Waals surface area (Å²) in [5, 5.41) is 3.53. The van der Waals surface area contributed by atoms with Gasteiger partial charge in [-0.3, -0.25) is 0 Å². The van der Waals surface area contributed by atoms with Crippen molar-refractivity contribution in [1.29, 1.82) is 0 Å². The van der Waals surface area contributed by atoms with E-state index >= 15 is 0 Å². The topological polar surface area (TPSA) is 15.3 Å². The van der Waals surface area contributed by atoms with E-state index in [1.165, 1.54) is 39.7 Å². The molecule has 1 aromatic rings. The fraction of sp³-hybridized carbons (Fsp3) is 0.571. The van der Waals surface area contributed by atoms with E-state index in [0.29, 0.717) is 0 Å². The Labute approximate surface area is 132 Å². The number of benzene rings is 1. The van der Waals surface area contributed by atoms with Crippen LogP contribution in [0.15, 0.2) is 22.7 Å². The van der Waals surface area contributed by atoms with Gasteiger partial charge in [0.25, 0.3) is 0 Å². The van der Waals surface area contributed by atoms with E-state index in [1.54, 1.807) is 0 Å². The van der Waals surface area contributed by atoms with Crippen LogP contribution < -0.4 is 10.2 Å². The molecule has 1 N–H and O–H groups in total. The number of anilines is 1. The molecule has 1 aliphatic rings. The van der Waals surface area contributed by atoms with E-state index in [0.717, 1.165) is 19.0 Å². The highest BCUT2D eigenvalue weighted by Crippen LogP contribution is 2.31. The van der Waals surface area contributed by atoms with Gasteiger partial charge in [0.15, 0.2) is 0 Å². The molecule has 1 heterocycles. The quantitative estimate of drug-likeness (QED) is 0.572. The monoisotopic (exact) mass is 422 g/mol. The van der Waals surface area contributed by atoms with Crippen LogP contribution in [0.5, 0.6) is 0 Å². The summed E-state index contributed by atoms with van der Waals surface area (Å²) >= 11 is 6.03. The van der Waals surface area contributed by atoms with Crippen LogP contribution in [0.3, 0.4) is 0 Å². The molecule has 0 aromatic heterocycles. The summed E-state index contributed by atoms with van der Waals surface area (Å²) in [7, 11) is 0. The third-order valence-corrected chi connectivity index (χ3v) is 4.70. The number of hydrogen-bond acceptors (Lipinski definition) is 2. The highest BCUT2D eigenvalue weighted by atomic mass is 127. The molecule has 4 heteroatoms. The number of nitrogens with zero attached hydrogens (tertiary/aromatic N) is 1. The number of hydrogen-bond donors (Lipinski definition) is 1. The van der Waals surface area contributed by atoms with Crippen LogP contribution in [0.25, 0.3) is 0 Å². The zero-order chi connectivity index (χ0) is 13.0. The van der Waals surface area contributed by atoms with Crippen molar-refractivity contribution >= 4 is 44.2 Å². The second-order valence-electron chi connectivity index (χ2n) is 4.90. The van der Waals surface area contributed by atoms with Crippen molar-refractivity contribution in [2.24, 2.45) is 5.92 Å². The van der Waals surface area contributed by atoms with Crippen LogP contribution >= 0.6 is 38.5 Å². The Morgan fingerprint density at radius 1 is 1.50 bits per heavy atom. The van der Waals surface area contributed by atoms with Gasteiger partial charge in [-0.25, -0.2) is 0 Å². The smallest absolute Gasteiger partial charge is 0.0511 e. The van der Waals surface area contributed by atoms with Gasteiger partial charge in [-0.2, -0.15) is 0 Å². The zero-order valence-electron chi connectivity index (χ0n) is 10.8. The van der Waals surface area contributed by atoms with E-state index in [4.69, 9.17) is 0 Å². The first kappa shape index (κ1) is 14.6. The maximum absolute atomic E-state index is 3.68.